The number of hydrogen-bond donors (Lipinski definition) is 2. The van der Waals surface area contributed by atoms with Crippen LogP contribution < -0.4 is 10.0 Å². The molecule has 0 spiro atoms. The van der Waals surface area contributed by atoms with Gasteiger partial charge in [0, 0.05) is 12.1 Å². The van der Waals surface area contributed by atoms with Crippen LogP contribution in [0.25, 0.3) is 0 Å². The van der Waals surface area contributed by atoms with Gasteiger partial charge in [0.1, 0.15) is 16.4 Å². The molecule has 6 heteroatoms. The van der Waals surface area contributed by atoms with Gasteiger partial charge in [-0.25, -0.2) is 13.1 Å². The van der Waals surface area contributed by atoms with E-state index >= 15 is 0 Å². The molecule has 0 amide bonds. The summed E-state index contributed by atoms with van der Waals surface area (Å²) in [5.41, 5.74) is 0. The van der Waals surface area contributed by atoms with Gasteiger partial charge >= 0.3 is 0 Å². The van der Waals surface area contributed by atoms with Crippen molar-refractivity contribution in [3.8, 4) is 0 Å². The molecule has 1 fully saturated rings. The topological polar surface area (TPSA) is 71.3 Å². The SMILES string of the molecule is CNCc1cc(S(=O)(=O)NC2CCC(C)C2C)c(C)o1. The summed E-state index contributed by atoms with van der Waals surface area (Å²) >= 11 is 0. The highest BCUT2D eigenvalue weighted by Crippen LogP contribution is 2.32. The van der Waals surface area contributed by atoms with E-state index in [1.807, 2.05) is 0 Å². The van der Waals surface area contributed by atoms with Crippen LogP contribution in [0.2, 0.25) is 0 Å². The van der Waals surface area contributed by atoms with Crippen molar-refractivity contribution in [2.75, 3.05) is 7.05 Å². The largest absolute Gasteiger partial charge is 0.464 e. The maximum absolute atomic E-state index is 12.5. The third kappa shape index (κ3) is 3.07. The number of nitrogens with one attached hydrogen (secondary N) is 2. The van der Waals surface area contributed by atoms with Crippen molar-refractivity contribution < 1.29 is 12.8 Å². The van der Waals surface area contributed by atoms with E-state index in [9.17, 15) is 8.42 Å². The molecule has 5 nitrogen and oxygen atoms in total. The molecular formula is C14H24N2O3S. The number of sulfonamides is 1. The molecule has 1 aromatic rings. The predicted octanol–water partition coefficient (Wildman–Crippen LogP) is 2.02. The Hall–Kier alpha value is -0.850. The van der Waals surface area contributed by atoms with Crippen LogP contribution in [0.4, 0.5) is 0 Å². The quantitative estimate of drug-likeness (QED) is 0.872. The van der Waals surface area contributed by atoms with Crippen LogP contribution in [0.15, 0.2) is 15.4 Å². The lowest BCUT2D eigenvalue weighted by Gasteiger charge is -2.19. The van der Waals surface area contributed by atoms with Crippen molar-refractivity contribution in [1.29, 1.82) is 0 Å². The first-order valence-electron chi connectivity index (χ1n) is 7.11. The Morgan fingerprint density at radius 1 is 1.35 bits per heavy atom. The summed E-state index contributed by atoms with van der Waals surface area (Å²) in [4.78, 5) is 0.259. The highest BCUT2D eigenvalue weighted by molar-refractivity contribution is 7.89. The maximum atomic E-state index is 12.5. The van der Waals surface area contributed by atoms with Crippen molar-refractivity contribution in [3.05, 3.63) is 17.6 Å². The Morgan fingerprint density at radius 3 is 2.60 bits per heavy atom. The van der Waals surface area contributed by atoms with E-state index in [1.165, 1.54) is 0 Å². The van der Waals surface area contributed by atoms with Gasteiger partial charge in [0.05, 0.1) is 6.54 Å². The van der Waals surface area contributed by atoms with Crippen LogP contribution in [-0.4, -0.2) is 21.5 Å². The summed E-state index contributed by atoms with van der Waals surface area (Å²) < 4.78 is 33.3. The molecule has 0 radical (unpaired) electrons. The van der Waals surface area contributed by atoms with Gasteiger partial charge in [-0.15, -0.1) is 0 Å². The number of furan rings is 1. The summed E-state index contributed by atoms with van der Waals surface area (Å²) in [6, 6.07) is 1.63. The first-order valence-corrected chi connectivity index (χ1v) is 8.59. The van der Waals surface area contributed by atoms with Crippen molar-refractivity contribution >= 4 is 10.0 Å². The van der Waals surface area contributed by atoms with Gasteiger partial charge in [0.25, 0.3) is 0 Å². The van der Waals surface area contributed by atoms with Gasteiger partial charge in [0.15, 0.2) is 0 Å². The van der Waals surface area contributed by atoms with E-state index in [0.29, 0.717) is 29.9 Å². The maximum Gasteiger partial charge on any atom is 0.244 e. The van der Waals surface area contributed by atoms with Crippen LogP contribution in [0.3, 0.4) is 0 Å². The molecule has 1 aromatic heterocycles. The summed E-state index contributed by atoms with van der Waals surface area (Å²) in [7, 11) is -1.70. The van der Waals surface area contributed by atoms with Crippen LogP contribution in [0.1, 0.15) is 38.2 Å². The smallest absolute Gasteiger partial charge is 0.244 e. The Labute approximate surface area is 121 Å². The average Bonchev–Trinajstić information content (AvgIpc) is 2.88. The second-order valence-electron chi connectivity index (χ2n) is 5.81. The zero-order chi connectivity index (χ0) is 14.9. The zero-order valence-electron chi connectivity index (χ0n) is 12.6. The molecule has 0 aromatic carbocycles. The summed E-state index contributed by atoms with van der Waals surface area (Å²) in [5, 5.41) is 2.95. The Morgan fingerprint density at radius 2 is 2.05 bits per heavy atom. The first kappa shape index (κ1) is 15.5. The molecule has 1 aliphatic rings. The van der Waals surface area contributed by atoms with Gasteiger partial charge in [0.2, 0.25) is 10.0 Å². The van der Waals surface area contributed by atoms with Gasteiger partial charge < -0.3 is 9.73 Å². The summed E-state index contributed by atoms with van der Waals surface area (Å²) in [6.45, 7) is 6.49. The second-order valence-corrected chi connectivity index (χ2v) is 7.49. The molecule has 0 bridgehead atoms. The lowest BCUT2D eigenvalue weighted by molar-refractivity contribution is 0.401. The predicted molar refractivity (Wildman–Crippen MR) is 77.9 cm³/mol. The minimum atomic E-state index is -3.50. The lowest BCUT2D eigenvalue weighted by Crippen LogP contribution is -2.37. The first-order chi connectivity index (χ1) is 9.35. The second kappa shape index (κ2) is 5.87. The highest BCUT2D eigenvalue weighted by Gasteiger charge is 2.34. The standard InChI is InChI=1S/C14H24N2O3S/c1-9-5-6-13(10(9)2)16-20(17,18)14-7-12(8-15-4)19-11(14)3/h7,9-10,13,15-16H,5-6,8H2,1-4H3. The van der Waals surface area contributed by atoms with Crippen LogP contribution >= 0.6 is 0 Å². The number of aryl methyl sites for hydroxylation is 1. The Balaban J connectivity index is 2.18. The molecule has 3 unspecified atom stereocenters. The molecule has 2 rings (SSSR count). The van der Waals surface area contributed by atoms with Crippen LogP contribution in [0.5, 0.6) is 0 Å². The molecule has 20 heavy (non-hydrogen) atoms. The average molecular weight is 300 g/mol. The fourth-order valence-corrected chi connectivity index (χ4v) is 4.41. The van der Waals surface area contributed by atoms with Gasteiger partial charge in [-0.2, -0.15) is 0 Å². The minimum Gasteiger partial charge on any atom is -0.464 e. The Kier molecular flexibility index (Phi) is 4.56. The highest BCUT2D eigenvalue weighted by atomic mass is 32.2. The summed E-state index contributed by atoms with van der Waals surface area (Å²) in [5.74, 6) is 2.02. The van der Waals surface area contributed by atoms with E-state index in [4.69, 9.17) is 4.42 Å². The zero-order valence-corrected chi connectivity index (χ0v) is 13.4. The molecular weight excluding hydrogens is 276 g/mol. The van der Waals surface area contributed by atoms with E-state index in [-0.39, 0.29) is 10.9 Å². The van der Waals surface area contributed by atoms with E-state index in [2.05, 4.69) is 23.9 Å². The molecule has 1 aliphatic carbocycles. The molecule has 0 saturated heterocycles. The monoisotopic (exact) mass is 300 g/mol. The van der Waals surface area contributed by atoms with Crippen LogP contribution in [-0.2, 0) is 16.6 Å². The normalized spacial score (nSPS) is 27.1. The summed E-state index contributed by atoms with van der Waals surface area (Å²) in [6.07, 6.45) is 1.98. The molecule has 1 saturated carbocycles. The molecule has 3 atom stereocenters. The fraction of sp³-hybridized carbons (Fsp3) is 0.714. The molecule has 114 valence electrons. The van der Waals surface area contributed by atoms with Crippen molar-refractivity contribution in [2.24, 2.45) is 11.8 Å². The van der Waals surface area contributed by atoms with Crippen LogP contribution in [0, 0.1) is 18.8 Å². The molecule has 2 N–H and O–H groups in total. The van der Waals surface area contributed by atoms with Crippen molar-refractivity contribution in [2.45, 2.75) is 51.1 Å². The molecule has 1 heterocycles. The van der Waals surface area contributed by atoms with E-state index in [1.54, 1.807) is 20.0 Å². The third-order valence-corrected chi connectivity index (χ3v) is 5.93. The third-order valence-electron chi connectivity index (χ3n) is 4.34. The van der Waals surface area contributed by atoms with Crippen molar-refractivity contribution in [3.63, 3.8) is 0 Å². The molecule has 0 aliphatic heterocycles. The minimum absolute atomic E-state index is 0.0250. The van der Waals surface area contributed by atoms with E-state index in [0.717, 1.165) is 12.8 Å². The van der Waals surface area contributed by atoms with Gasteiger partial charge in [-0.3, -0.25) is 0 Å². The number of hydrogen-bond acceptors (Lipinski definition) is 4. The van der Waals surface area contributed by atoms with Gasteiger partial charge in [-0.05, 0) is 38.6 Å². The lowest BCUT2D eigenvalue weighted by atomic mass is 9.98. The number of rotatable bonds is 5. The fourth-order valence-electron chi connectivity index (χ4n) is 2.85. The van der Waals surface area contributed by atoms with Gasteiger partial charge in [-0.1, -0.05) is 13.8 Å². The van der Waals surface area contributed by atoms with Crippen molar-refractivity contribution in [1.82, 2.24) is 10.0 Å². The Bertz CT molecular complexity index is 565. The van der Waals surface area contributed by atoms with E-state index < -0.39 is 10.0 Å².